The van der Waals surface area contributed by atoms with Gasteiger partial charge in [0.05, 0.1) is 10.7 Å². The van der Waals surface area contributed by atoms with Crippen molar-refractivity contribution in [2.75, 3.05) is 27.2 Å². The molecule has 0 aromatic carbocycles. The lowest BCUT2D eigenvalue weighted by Gasteiger charge is -2.14. The Hall–Kier alpha value is -0.450. The maximum Gasteiger partial charge on any atom is 0.0954 e. The van der Waals surface area contributed by atoms with Crippen LogP contribution in [0.25, 0.3) is 0 Å². The van der Waals surface area contributed by atoms with Crippen molar-refractivity contribution in [3.8, 4) is 0 Å². The fourth-order valence-electron chi connectivity index (χ4n) is 1.32. The van der Waals surface area contributed by atoms with Crippen molar-refractivity contribution in [3.05, 3.63) is 16.1 Å². The van der Waals surface area contributed by atoms with E-state index in [-0.39, 0.29) is 0 Å². The van der Waals surface area contributed by atoms with Crippen LogP contribution in [0.15, 0.2) is 5.38 Å². The first kappa shape index (κ1) is 12.6. The highest BCUT2D eigenvalue weighted by atomic mass is 32.1. The van der Waals surface area contributed by atoms with E-state index in [1.54, 1.807) is 11.3 Å². The standard InChI is InChI=1S/C11H21N3S/c1-9(2)11-13-10(8-15-11)7-14(4)6-5-12-3/h8-9,12H,5-7H2,1-4H3. The lowest BCUT2D eigenvalue weighted by molar-refractivity contribution is 0.324. The molecule has 15 heavy (non-hydrogen) atoms. The topological polar surface area (TPSA) is 28.2 Å². The van der Waals surface area contributed by atoms with Gasteiger partial charge in [0.15, 0.2) is 0 Å². The van der Waals surface area contributed by atoms with E-state index < -0.39 is 0 Å². The summed E-state index contributed by atoms with van der Waals surface area (Å²) < 4.78 is 0. The Balaban J connectivity index is 2.42. The van der Waals surface area contributed by atoms with E-state index >= 15 is 0 Å². The third kappa shape index (κ3) is 4.28. The van der Waals surface area contributed by atoms with Gasteiger partial charge in [0.1, 0.15) is 0 Å². The maximum atomic E-state index is 4.61. The fraction of sp³-hybridized carbons (Fsp3) is 0.727. The van der Waals surface area contributed by atoms with Crippen molar-refractivity contribution >= 4 is 11.3 Å². The van der Waals surface area contributed by atoms with Crippen molar-refractivity contribution < 1.29 is 0 Å². The van der Waals surface area contributed by atoms with Crippen LogP contribution >= 0.6 is 11.3 Å². The van der Waals surface area contributed by atoms with Crippen molar-refractivity contribution in [2.24, 2.45) is 0 Å². The second kappa shape index (κ2) is 6.20. The van der Waals surface area contributed by atoms with Crippen LogP contribution in [-0.4, -0.2) is 37.1 Å². The van der Waals surface area contributed by atoms with Crippen molar-refractivity contribution in [3.63, 3.8) is 0 Å². The number of hydrogen-bond donors (Lipinski definition) is 1. The Morgan fingerprint density at radius 3 is 2.80 bits per heavy atom. The summed E-state index contributed by atoms with van der Waals surface area (Å²) >= 11 is 1.77. The van der Waals surface area contributed by atoms with Crippen LogP contribution in [0.3, 0.4) is 0 Å². The molecule has 0 aliphatic rings. The Kier molecular flexibility index (Phi) is 5.22. The molecule has 1 aromatic heterocycles. The molecule has 0 radical (unpaired) electrons. The monoisotopic (exact) mass is 227 g/mol. The van der Waals surface area contributed by atoms with Gasteiger partial charge in [-0.25, -0.2) is 4.98 Å². The van der Waals surface area contributed by atoms with Gasteiger partial charge in [0, 0.05) is 30.9 Å². The minimum absolute atomic E-state index is 0.548. The van der Waals surface area contributed by atoms with E-state index in [2.05, 4.69) is 41.5 Å². The molecule has 0 spiro atoms. The Morgan fingerprint density at radius 1 is 1.53 bits per heavy atom. The normalized spacial score (nSPS) is 11.6. The molecule has 1 N–H and O–H groups in total. The molecule has 3 nitrogen and oxygen atoms in total. The van der Waals surface area contributed by atoms with E-state index in [4.69, 9.17) is 0 Å². The summed E-state index contributed by atoms with van der Waals surface area (Å²) in [4.78, 5) is 6.90. The first-order valence-corrected chi connectivity index (χ1v) is 6.29. The molecule has 0 aliphatic heterocycles. The predicted octanol–water partition coefficient (Wildman–Crippen LogP) is 1.92. The molecule has 1 aromatic rings. The van der Waals surface area contributed by atoms with Gasteiger partial charge in [0.25, 0.3) is 0 Å². The zero-order valence-electron chi connectivity index (χ0n) is 10.1. The summed E-state index contributed by atoms with van der Waals surface area (Å²) in [6.07, 6.45) is 0. The van der Waals surface area contributed by atoms with E-state index in [0.717, 1.165) is 19.6 Å². The summed E-state index contributed by atoms with van der Waals surface area (Å²) in [5.74, 6) is 0.548. The van der Waals surface area contributed by atoms with Crippen LogP contribution < -0.4 is 5.32 Å². The predicted molar refractivity (Wildman–Crippen MR) is 66.5 cm³/mol. The van der Waals surface area contributed by atoms with Crippen LogP contribution in [0.2, 0.25) is 0 Å². The highest BCUT2D eigenvalue weighted by molar-refractivity contribution is 7.09. The van der Waals surface area contributed by atoms with Crippen LogP contribution in [0.4, 0.5) is 0 Å². The molecular formula is C11H21N3S. The van der Waals surface area contributed by atoms with Gasteiger partial charge in [0.2, 0.25) is 0 Å². The number of nitrogens with one attached hydrogen (secondary N) is 1. The van der Waals surface area contributed by atoms with Gasteiger partial charge in [-0.2, -0.15) is 0 Å². The number of thiazole rings is 1. The molecule has 0 amide bonds. The third-order valence-electron chi connectivity index (χ3n) is 2.24. The summed E-state index contributed by atoms with van der Waals surface area (Å²) in [6, 6.07) is 0. The molecular weight excluding hydrogens is 206 g/mol. The Labute approximate surface area is 96.5 Å². The largest absolute Gasteiger partial charge is 0.318 e. The van der Waals surface area contributed by atoms with Crippen LogP contribution in [0.5, 0.6) is 0 Å². The van der Waals surface area contributed by atoms with E-state index in [1.807, 2.05) is 7.05 Å². The summed E-state index contributed by atoms with van der Waals surface area (Å²) in [7, 11) is 4.11. The van der Waals surface area contributed by atoms with Crippen LogP contribution in [-0.2, 0) is 6.54 Å². The number of aromatic nitrogens is 1. The highest BCUT2D eigenvalue weighted by Crippen LogP contribution is 2.19. The average Bonchev–Trinajstić information content (AvgIpc) is 2.63. The number of hydrogen-bond acceptors (Lipinski definition) is 4. The van der Waals surface area contributed by atoms with Gasteiger partial charge < -0.3 is 5.32 Å². The second-order valence-electron chi connectivity index (χ2n) is 4.17. The number of rotatable bonds is 6. The van der Waals surface area contributed by atoms with Crippen LogP contribution in [0.1, 0.15) is 30.5 Å². The average molecular weight is 227 g/mol. The molecule has 1 heterocycles. The first-order chi connectivity index (χ1) is 7.13. The number of nitrogens with zero attached hydrogens (tertiary/aromatic N) is 2. The van der Waals surface area contributed by atoms with Gasteiger partial charge in [-0.15, -0.1) is 11.3 Å². The van der Waals surface area contributed by atoms with Crippen molar-refractivity contribution in [2.45, 2.75) is 26.3 Å². The molecule has 0 unspecified atom stereocenters. The summed E-state index contributed by atoms with van der Waals surface area (Å²) in [5, 5.41) is 6.56. The van der Waals surface area contributed by atoms with Gasteiger partial charge in [-0.3, -0.25) is 4.90 Å². The molecule has 0 saturated heterocycles. The zero-order chi connectivity index (χ0) is 11.3. The third-order valence-corrected chi connectivity index (χ3v) is 3.43. The number of likely N-dealkylation sites (N-methyl/N-ethyl adjacent to an activating group) is 2. The van der Waals surface area contributed by atoms with Crippen LogP contribution in [0, 0.1) is 0 Å². The van der Waals surface area contributed by atoms with E-state index in [0.29, 0.717) is 5.92 Å². The molecule has 86 valence electrons. The van der Waals surface area contributed by atoms with E-state index in [1.165, 1.54) is 10.7 Å². The minimum Gasteiger partial charge on any atom is -0.318 e. The van der Waals surface area contributed by atoms with Gasteiger partial charge in [-0.05, 0) is 14.1 Å². The molecule has 1 rings (SSSR count). The molecule has 0 fully saturated rings. The smallest absolute Gasteiger partial charge is 0.0954 e. The Bertz CT molecular complexity index is 283. The molecule has 0 saturated carbocycles. The van der Waals surface area contributed by atoms with E-state index in [9.17, 15) is 0 Å². The quantitative estimate of drug-likeness (QED) is 0.805. The lowest BCUT2D eigenvalue weighted by atomic mass is 10.2. The first-order valence-electron chi connectivity index (χ1n) is 5.41. The second-order valence-corrected chi connectivity index (χ2v) is 5.06. The maximum absolute atomic E-state index is 4.61. The Morgan fingerprint density at radius 2 is 2.27 bits per heavy atom. The summed E-state index contributed by atoms with van der Waals surface area (Å²) in [5.41, 5.74) is 1.20. The van der Waals surface area contributed by atoms with Crippen molar-refractivity contribution in [1.29, 1.82) is 0 Å². The SMILES string of the molecule is CNCCN(C)Cc1csc(C(C)C)n1. The molecule has 0 bridgehead atoms. The molecule has 0 atom stereocenters. The molecule has 4 heteroatoms. The summed E-state index contributed by atoms with van der Waals surface area (Å²) in [6.45, 7) is 7.41. The van der Waals surface area contributed by atoms with Gasteiger partial charge in [-0.1, -0.05) is 13.8 Å². The lowest BCUT2D eigenvalue weighted by Crippen LogP contribution is -2.27. The minimum atomic E-state index is 0.548. The van der Waals surface area contributed by atoms with Crippen molar-refractivity contribution in [1.82, 2.24) is 15.2 Å². The molecule has 0 aliphatic carbocycles. The zero-order valence-corrected chi connectivity index (χ0v) is 10.9. The fourth-order valence-corrected chi connectivity index (χ4v) is 2.14. The highest BCUT2D eigenvalue weighted by Gasteiger charge is 2.07. The van der Waals surface area contributed by atoms with Gasteiger partial charge >= 0.3 is 0 Å².